The van der Waals surface area contributed by atoms with Gasteiger partial charge in [-0.25, -0.2) is 19.2 Å². The van der Waals surface area contributed by atoms with Crippen molar-refractivity contribution < 1.29 is 23.4 Å². The maximum Gasteiger partial charge on any atom is 0.332 e. The van der Waals surface area contributed by atoms with Gasteiger partial charge in [-0.2, -0.15) is 0 Å². The molecule has 8 rings (SSSR count). The lowest BCUT2D eigenvalue weighted by Gasteiger charge is -2.52. The average Bonchev–Trinajstić information content (AvgIpc) is 3.00. The fourth-order valence-electron chi connectivity index (χ4n) is 6.43. The molecule has 3 saturated heterocycles. The van der Waals surface area contributed by atoms with Crippen molar-refractivity contribution in [3.05, 3.63) is 47.5 Å². The Morgan fingerprint density at radius 1 is 1.12 bits per heavy atom. The van der Waals surface area contributed by atoms with E-state index in [9.17, 15) is 4.79 Å². The van der Waals surface area contributed by atoms with Crippen molar-refractivity contribution in [2.24, 2.45) is 0 Å². The Morgan fingerprint density at radius 2 is 1.98 bits per heavy atom. The number of pyridine rings is 3. The molecule has 4 fully saturated rings. The lowest BCUT2D eigenvalue weighted by atomic mass is 9.76. The molecule has 210 valence electrons. The van der Waals surface area contributed by atoms with Crippen LogP contribution < -0.4 is 15.0 Å². The van der Waals surface area contributed by atoms with Crippen LogP contribution in [0.15, 0.2) is 30.5 Å². The van der Waals surface area contributed by atoms with Crippen LogP contribution in [-0.4, -0.2) is 83.5 Å². The van der Waals surface area contributed by atoms with Crippen LogP contribution in [0.5, 0.6) is 5.88 Å². The molecule has 0 amide bonds. The van der Waals surface area contributed by atoms with Gasteiger partial charge in [0.2, 0.25) is 5.88 Å². The average molecular weight is 549 g/mol. The van der Waals surface area contributed by atoms with E-state index in [1.807, 2.05) is 24.3 Å². The molecular weight excluding hydrogens is 515 g/mol. The van der Waals surface area contributed by atoms with Gasteiger partial charge in [0.25, 0.3) is 0 Å². The molecule has 11 heteroatoms. The number of nitrogens with one attached hydrogen (secondary N) is 1. The summed E-state index contributed by atoms with van der Waals surface area (Å²) in [7, 11) is 0. The summed E-state index contributed by atoms with van der Waals surface area (Å²) in [5.41, 5.74) is 3.23. The van der Waals surface area contributed by atoms with E-state index >= 15 is 4.39 Å². The number of rotatable bonds is 7. The lowest BCUT2D eigenvalue weighted by Crippen LogP contribution is -2.59. The summed E-state index contributed by atoms with van der Waals surface area (Å²) >= 11 is 0. The SMILES string of the molecule is O=C1CNc2ccc(CN(CCc3c(F)cnc4ccc(N5CCOCC5)nc34)C34CCC(CC3)OC4)nc2O1. The van der Waals surface area contributed by atoms with Crippen LogP contribution in [0.2, 0.25) is 0 Å². The fourth-order valence-corrected chi connectivity index (χ4v) is 6.43. The third kappa shape index (κ3) is 4.86. The highest BCUT2D eigenvalue weighted by atomic mass is 19.1. The summed E-state index contributed by atoms with van der Waals surface area (Å²) in [6.45, 7) is 4.74. The van der Waals surface area contributed by atoms with Crippen LogP contribution in [0.3, 0.4) is 0 Å². The zero-order chi connectivity index (χ0) is 27.1. The number of hydrogen-bond acceptors (Lipinski definition) is 10. The minimum atomic E-state index is -0.351. The number of fused-ring (bicyclic) bond motifs is 5. The van der Waals surface area contributed by atoms with Crippen molar-refractivity contribution in [1.29, 1.82) is 0 Å². The number of esters is 1. The topological polar surface area (TPSA) is 102 Å². The van der Waals surface area contributed by atoms with Gasteiger partial charge in [0.1, 0.15) is 18.2 Å². The van der Waals surface area contributed by atoms with Crippen LogP contribution in [0, 0.1) is 5.82 Å². The molecule has 3 aromatic heterocycles. The van der Waals surface area contributed by atoms with Crippen LogP contribution in [-0.2, 0) is 27.2 Å². The highest BCUT2D eigenvalue weighted by Crippen LogP contribution is 2.41. The van der Waals surface area contributed by atoms with Crippen molar-refractivity contribution in [2.75, 3.05) is 56.2 Å². The molecule has 0 radical (unpaired) electrons. The van der Waals surface area contributed by atoms with Crippen LogP contribution in [0.1, 0.15) is 36.9 Å². The van der Waals surface area contributed by atoms with E-state index in [1.165, 1.54) is 6.20 Å². The van der Waals surface area contributed by atoms with E-state index in [0.29, 0.717) is 73.6 Å². The molecule has 0 atom stereocenters. The maximum atomic E-state index is 15.4. The number of ether oxygens (including phenoxy) is 3. The second kappa shape index (κ2) is 10.5. The highest BCUT2D eigenvalue weighted by Gasteiger charge is 2.45. The molecule has 10 nitrogen and oxygen atoms in total. The number of hydrogen-bond donors (Lipinski definition) is 1. The Labute approximate surface area is 231 Å². The van der Waals surface area contributed by atoms with E-state index < -0.39 is 0 Å². The second-order valence-corrected chi connectivity index (χ2v) is 11.1. The Bertz CT molecular complexity index is 1410. The minimum Gasteiger partial charge on any atom is -0.404 e. The van der Waals surface area contributed by atoms with Gasteiger partial charge < -0.3 is 24.4 Å². The highest BCUT2D eigenvalue weighted by molar-refractivity contribution is 5.82. The summed E-state index contributed by atoms with van der Waals surface area (Å²) in [6, 6.07) is 7.74. The number of carbonyl (C=O) groups is 1. The van der Waals surface area contributed by atoms with E-state index in [0.717, 1.165) is 50.3 Å². The molecule has 2 bridgehead atoms. The lowest BCUT2D eigenvalue weighted by molar-refractivity contribution is -0.138. The fraction of sp³-hybridized carbons (Fsp3) is 0.517. The Morgan fingerprint density at radius 3 is 2.77 bits per heavy atom. The van der Waals surface area contributed by atoms with E-state index in [4.69, 9.17) is 19.2 Å². The molecule has 5 aliphatic rings. The number of halogens is 1. The number of nitrogens with zero attached hydrogens (tertiary/aromatic N) is 5. The van der Waals surface area contributed by atoms with Gasteiger partial charge in [-0.05, 0) is 56.4 Å². The first-order chi connectivity index (χ1) is 19.6. The summed E-state index contributed by atoms with van der Waals surface area (Å²) in [5, 5.41) is 3.04. The Kier molecular flexibility index (Phi) is 6.73. The maximum absolute atomic E-state index is 15.4. The molecule has 7 heterocycles. The first kappa shape index (κ1) is 25.6. The van der Waals surface area contributed by atoms with Gasteiger partial charge >= 0.3 is 5.97 Å². The zero-order valence-corrected chi connectivity index (χ0v) is 22.4. The third-order valence-corrected chi connectivity index (χ3v) is 8.74. The third-order valence-electron chi connectivity index (χ3n) is 8.74. The molecule has 1 aliphatic carbocycles. The number of anilines is 2. The van der Waals surface area contributed by atoms with Crippen LogP contribution in [0.4, 0.5) is 15.9 Å². The molecule has 0 spiro atoms. The first-order valence-electron chi connectivity index (χ1n) is 14.1. The van der Waals surface area contributed by atoms with Gasteiger partial charge in [0.15, 0.2) is 0 Å². The normalized spacial score (nSPS) is 24.2. The zero-order valence-electron chi connectivity index (χ0n) is 22.4. The van der Waals surface area contributed by atoms with Crippen molar-refractivity contribution in [3.8, 4) is 5.88 Å². The minimum absolute atomic E-state index is 0.133. The van der Waals surface area contributed by atoms with Crippen molar-refractivity contribution in [3.63, 3.8) is 0 Å². The van der Waals surface area contributed by atoms with Gasteiger partial charge in [-0.3, -0.25) is 9.88 Å². The van der Waals surface area contributed by atoms with E-state index in [-0.39, 0.29) is 23.9 Å². The van der Waals surface area contributed by atoms with Crippen LogP contribution >= 0.6 is 0 Å². The predicted octanol–water partition coefficient (Wildman–Crippen LogP) is 3.09. The summed E-state index contributed by atoms with van der Waals surface area (Å²) < 4.78 is 32.4. The molecule has 1 N–H and O–H groups in total. The Hall–Kier alpha value is -3.41. The van der Waals surface area contributed by atoms with E-state index in [2.05, 4.69) is 25.1 Å². The number of carbonyl (C=O) groups excluding carboxylic acids is 1. The molecule has 0 aromatic carbocycles. The largest absolute Gasteiger partial charge is 0.404 e. The van der Waals surface area contributed by atoms with Crippen molar-refractivity contribution in [2.45, 2.75) is 50.3 Å². The quantitative estimate of drug-likeness (QED) is 0.443. The van der Waals surface area contributed by atoms with Crippen molar-refractivity contribution in [1.82, 2.24) is 19.9 Å². The monoisotopic (exact) mass is 548 g/mol. The molecule has 4 aliphatic heterocycles. The second-order valence-electron chi connectivity index (χ2n) is 11.1. The van der Waals surface area contributed by atoms with Gasteiger partial charge in [-0.15, -0.1) is 0 Å². The van der Waals surface area contributed by atoms with Gasteiger partial charge in [0.05, 0.1) is 54.5 Å². The molecule has 1 saturated carbocycles. The first-order valence-corrected chi connectivity index (χ1v) is 14.1. The molecule has 3 aromatic rings. The number of aromatic nitrogens is 3. The van der Waals surface area contributed by atoms with Crippen molar-refractivity contribution >= 4 is 28.5 Å². The van der Waals surface area contributed by atoms with Gasteiger partial charge in [0, 0.05) is 37.3 Å². The van der Waals surface area contributed by atoms with Gasteiger partial charge in [-0.1, -0.05) is 0 Å². The summed E-state index contributed by atoms with van der Waals surface area (Å²) in [5.74, 6) is 0.432. The molecule has 40 heavy (non-hydrogen) atoms. The molecule has 0 unspecified atom stereocenters. The molecular formula is C29H33FN6O4. The predicted molar refractivity (Wildman–Crippen MR) is 146 cm³/mol. The summed E-state index contributed by atoms with van der Waals surface area (Å²) in [6.07, 6.45) is 6.20. The van der Waals surface area contributed by atoms with E-state index in [1.54, 1.807) is 0 Å². The Balaban J connectivity index is 1.19. The number of morpholine rings is 1. The van der Waals surface area contributed by atoms with Crippen LogP contribution in [0.25, 0.3) is 11.0 Å². The standard InChI is InChI=1S/C29H33FN6O4/c30-22-15-31-23-3-4-25(35-11-13-38-14-12-35)34-27(23)21(22)7-10-36(29-8-5-20(6-9-29)39-18-29)17-19-1-2-24-28(33-19)40-26(37)16-32-24/h1-4,15,20,32H,5-14,16-18H2. The smallest absolute Gasteiger partial charge is 0.332 e. The summed E-state index contributed by atoms with van der Waals surface area (Å²) in [4.78, 5) is 30.3.